The molecule has 0 aliphatic carbocycles. The van der Waals surface area contributed by atoms with E-state index in [1.54, 1.807) is 17.4 Å². The SMILES string of the molecule is CC(Cc1cccs1)N(C)Cc1ccc(C#N)cc1Cl. The van der Waals surface area contributed by atoms with Gasteiger partial charge in [0.25, 0.3) is 0 Å². The Morgan fingerprint density at radius 3 is 2.80 bits per heavy atom. The van der Waals surface area contributed by atoms with Gasteiger partial charge in [0.1, 0.15) is 0 Å². The van der Waals surface area contributed by atoms with Gasteiger partial charge in [-0.15, -0.1) is 11.3 Å². The highest BCUT2D eigenvalue weighted by molar-refractivity contribution is 7.09. The van der Waals surface area contributed by atoms with Gasteiger partial charge in [0.05, 0.1) is 11.6 Å². The van der Waals surface area contributed by atoms with E-state index in [1.807, 2.05) is 12.1 Å². The number of thiophene rings is 1. The maximum absolute atomic E-state index is 8.85. The second kappa shape index (κ2) is 6.90. The molecule has 0 bridgehead atoms. The molecule has 0 radical (unpaired) electrons. The number of hydrogen-bond donors (Lipinski definition) is 0. The summed E-state index contributed by atoms with van der Waals surface area (Å²) in [4.78, 5) is 3.68. The molecule has 2 nitrogen and oxygen atoms in total. The lowest BCUT2D eigenvalue weighted by atomic mass is 10.1. The Labute approximate surface area is 129 Å². The molecule has 20 heavy (non-hydrogen) atoms. The molecule has 0 saturated heterocycles. The quantitative estimate of drug-likeness (QED) is 0.822. The second-order valence-electron chi connectivity index (χ2n) is 4.97. The molecule has 0 aliphatic rings. The highest BCUT2D eigenvalue weighted by Gasteiger charge is 2.12. The molecular formula is C16H17ClN2S. The lowest BCUT2D eigenvalue weighted by Gasteiger charge is -2.24. The molecule has 0 spiro atoms. The third-order valence-corrected chi connectivity index (χ3v) is 4.68. The largest absolute Gasteiger partial charge is 0.299 e. The van der Waals surface area contributed by atoms with Crippen molar-refractivity contribution in [3.63, 3.8) is 0 Å². The van der Waals surface area contributed by atoms with E-state index in [-0.39, 0.29) is 0 Å². The average molecular weight is 305 g/mol. The second-order valence-corrected chi connectivity index (χ2v) is 6.41. The minimum Gasteiger partial charge on any atom is -0.299 e. The molecule has 2 rings (SSSR count). The lowest BCUT2D eigenvalue weighted by Crippen LogP contribution is -2.30. The zero-order valence-electron chi connectivity index (χ0n) is 11.6. The highest BCUT2D eigenvalue weighted by Crippen LogP contribution is 2.21. The minimum atomic E-state index is 0.445. The Kier molecular flexibility index (Phi) is 5.19. The van der Waals surface area contributed by atoms with Crippen LogP contribution in [0.2, 0.25) is 5.02 Å². The van der Waals surface area contributed by atoms with Crippen LogP contribution in [0.25, 0.3) is 0 Å². The number of rotatable bonds is 5. The normalized spacial score (nSPS) is 12.3. The molecule has 1 aromatic heterocycles. The van der Waals surface area contributed by atoms with Crippen molar-refractivity contribution in [2.24, 2.45) is 0 Å². The van der Waals surface area contributed by atoms with Gasteiger partial charge in [0.2, 0.25) is 0 Å². The summed E-state index contributed by atoms with van der Waals surface area (Å²) in [6.45, 7) is 3.01. The third-order valence-electron chi connectivity index (χ3n) is 3.43. The van der Waals surface area contributed by atoms with Gasteiger partial charge in [0, 0.05) is 22.5 Å². The van der Waals surface area contributed by atoms with Crippen LogP contribution in [-0.4, -0.2) is 18.0 Å². The van der Waals surface area contributed by atoms with Gasteiger partial charge in [-0.1, -0.05) is 23.7 Å². The first kappa shape index (κ1) is 15.1. The van der Waals surface area contributed by atoms with Gasteiger partial charge in [-0.2, -0.15) is 5.26 Å². The van der Waals surface area contributed by atoms with Crippen molar-refractivity contribution >= 4 is 22.9 Å². The third kappa shape index (κ3) is 3.83. The minimum absolute atomic E-state index is 0.445. The smallest absolute Gasteiger partial charge is 0.0992 e. The highest BCUT2D eigenvalue weighted by atomic mass is 35.5. The fourth-order valence-electron chi connectivity index (χ4n) is 2.05. The summed E-state index contributed by atoms with van der Waals surface area (Å²) < 4.78 is 0. The van der Waals surface area contributed by atoms with Crippen molar-refractivity contribution in [3.05, 3.63) is 56.7 Å². The van der Waals surface area contributed by atoms with Gasteiger partial charge in [0.15, 0.2) is 0 Å². The van der Waals surface area contributed by atoms with Gasteiger partial charge in [-0.3, -0.25) is 4.90 Å². The Balaban J connectivity index is 2.00. The Bertz CT molecular complexity index is 601. The number of likely N-dealkylation sites (N-methyl/N-ethyl adjacent to an activating group) is 1. The molecule has 1 heterocycles. The van der Waals surface area contributed by atoms with Crippen molar-refractivity contribution in [1.82, 2.24) is 4.90 Å². The fourth-order valence-corrected chi connectivity index (χ4v) is 3.11. The van der Waals surface area contributed by atoms with Crippen LogP contribution in [-0.2, 0) is 13.0 Å². The molecule has 0 fully saturated rings. The summed E-state index contributed by atoms with van der Waals surface area (Å²) in [5, 5.41) is 11.6. The first-order chi connectivity index (χ1) is 9.60. The van der Waals surface area contributed by atoms with E-state index in [0.29, 0.717) is 16.6 Å². The van der Waals surface area contributed by atoms with Crippen molar-refractivity contribution in [3.8, 4) is 6.07 Å². The number of hydrogen-bond acceptors (Lipinski definition) is 3. The molecule has 0 N–H and O–H groups in total. The Morgan fingerprint density at radius 2 is 2.20 bits per heavy atom. The number of nitriles is 1. The van der Waals surface area contributed by atoms with Gasteiger partial charge in [-0.25, -0.2) is 0 Å². The lowest BCUT2D eigenvalue weighted by molar-refractivity contribution is 0.249. The van der Waals surface area contributed by atoms with E-state index in [4.69, 9.17) is 16.9 Å². The van der Waals surface area contributed by atoms with Gasteiger partial charge >= 0.3 is 0 Å². The summed E-state index contributed by atoms with van der Waals surface area (Å²) in [6, 6.07) is 12.3. The maximum Gasteiger partial charge on any atom is 0.0992 e. The molecule has 4 heteroatoms. The van der Waals surface area contributed by atoms with E-state index >= 15 is 0 Å². The van der Waals surface area contributed by atoms with Crippen LogP contribution in [0.3, 0.4) is 0 Å². The monoisotopic (exact) mass is 304 g/mol. The summed E-state index contributed by atoms with van der Waals surface area (Å²) in [7, 11) is 2.10. The van der Waals surface area contributed by atoms with Crippen LogP contribution in [0.15, 0.2) is 35.7 Å². The summed E-state index contributed by atoms with van der Waals surface area (Å²) in [6.07, 6.45) is 1.04. The molecule has 1 aromatic carbocycles. The maximum atomic E-state index is 8.85. The van der Waals surface area contributed by atoms with E-state index in [0.717, 1.165) is 18.5 Å². The van der Waals surface area contributed by atoms with Gasteiger partial charge < -0.3 is 0 Å². The average Bonchev–Trinajstić information content (AvgIpc) is 2.93. The van der Waals surface area contributed by atoms with Crippen LogP contribution in [0.4, 0.5) is 0 Å². The van der Waals surface area contributed by atoms with Crippen molar-refractivity contribution < 1.29 is 0 Å². The summed E-state index contributed by atoms with van der Waals surface area (Å²) in [5.41, 5.74) is 1.67. The van der Waals surface area contributed by atoms with E-state index in [1.165, 1.54) is 4.88 Å². The molecule has 0 amide bonds. The van der Waals surface area contributed by atoms with Crippen LogP contribution < -0.4 is 0 Å². The molecular weight excluding hydrogens is 288 g/mol. The molecule has 2 aromatic rings. The number of halogens is 1. The van der Waals surface area contributed by atoms with Crippen molar-refractivity contribution in [1.29, 1.82) is 5.26 Å². The van der Waals surface area contributed by atoms with Gasteiger partial charge in [-0.05, 0) is 49.5 Å². The van der Waals surface area contributed by atoms with Crippen molar-refractivity contribution in [2.75, 3.05) is 7.05 Å². The van der Waals surface area contributed by atoms with Crippen LogP contribution in [0.1, 0.15) is 22.9 Å². The Morgan fingerprint density at radius 1 is 1.40 bits per heavy atom. The predicted octanol–water partition coefficient (Wildman–Crippen LogP) is 4.34. The predicted molar refractivity (Wildman–Crippen MR) is 85.1 cm³/mol. The number of benzene rings is 1. The van der Waals surface area contributed by atoms with Crippen LogP contribution in [0.5, 0.6) is 0 Å². The fraction of sp³-hybridized carbons (Fsp3) is 0.312. The topological polar surface area (TPSA) is 27.0 Å². The first-order valence-electron chi connectivity index (χ1n) is 6.51. The summed E-state index contributed by atoms with van der Waals surface area (Å²) >= 11 is 8.02. The molecule has 1 atom stereocenters. The first-order valence-corrected chi connectivity index (χ1v) is 7.77. The summed E-state index contributed by atoms with van der Waals surface area (Å²) in [5.74, 6) is 0. The van der Waals surface area contributed by atoms with E-state index in [2.05, 4.69) is 42.5 Å². The zero-order chi connectivity index (χ0) is 14.5. The Hall–Kier alpha value is -1.34. The molecule has 104 valence electrons. The van der Waals surface area contributed by atoms with E-state index < -0.39 is 0 Å². The number of nitrogens with zero attached hydrogens (tertiary/aromatic N) is 2. The molecule has 1 unspecified atom stereocenters. The molecule has 0 aliphatic heterocycles. The van der Waals surface area contributed by atoms with Crippen molar-refractivity contribution in [2.45, 2.75) is 25.9 Å². The molecule has 0 saturated carbocycles. The van der Waals surface area contributed by atoms with Crippen LogP contribution >= 0.6 is 22.9 Å². The van der Waals surface area contributed by atoms with E-state index in [9.17, 15) is 0 Å². The zero-order valence-corrected chi connectivity index (χ0v) is 13.2. The van der Waals surface area contributed by atoms with Crippen LogP contribution in [0, 0.1) is 11.3 Å². The standard InChI is InChI=1S/C16H17ClN2S/c1-12(8-15-4-3-7-20-15)19(2)11-14-6-5-13(10-18)9-16(14)17/h3-7,9,12H,8,11H2,1-2H3.